The van der Waals surface area contributed by atoms with Gasteiger partial charge in [-0.05, 0) is 62.8 Å². The van der Waals surface area contributed by atoms with E-state index >= 15 is 0 Å². The molecule has 0 aliphatic carbocycles. The van der Waals surface area contributed by atoms with Gasteiger partial charge < -0.3 is 9.64 Å². The minimum absolute atomic E-state index is 0.609. The summed E-state index contributed by atoms with van der Waals surface area (Å²) in [6.07, 6.45) is 2.19. The first-order valence-corrected chi connectivity index (χ1v) is 8.04. The topological polar surface area (TPSA) is 12.5 Å². The fourth-order valence-electron chi connectivity index (χ4n) is 2.18. The molecule has 2 nitrogen and oxygen atoms in total. The molecule has 0 heterocycles. The maximum Gasteiger partial charge on any atom is 0.122 e. The van der Waals surface area contributed by atoms with Gasteiger partial charge in [-0.3, -0.25) is 0 Å². The molecule has 112 valence electrons. The summed E-state index contributed by atoms with van der Waals surface area (Å²) in [6, 6.07) is 16.6. The average Bonchev–Trinajstić information content (AvgIpc) is 2.47. The van der Waals surface area contributed by atoms with Crippen molar-refractivity contribution in [1.82, 2.24) is 4.90 Å². The summed E-state index contributed by atoms with van der Waals surface area (Å²) in [7, 11) is 4.21. The zero-order valence-corrected chi connectivity index (χ0v) is 14.3. The van der Waals surface area contributed by atoms with Gasteiger partial charge in [0, 0.05) is 4.47 Å². The van der Waals surface area contributed by atoms with Gasteiger partial charge in [0.1, 0.15) is 12.4 Å². The van der Waals surface area contributed by atoms with Gasteiger partial charge in [-0.2, -0.15) is 0 Å². The molecular weight excluding hydrogens is 326 g/mol. The molecule has 0 radical (unpaired) electrons. The quantitative estimate of drug-likeness (QED) is 0.729. The number of halogens is 1. The Morgan fingerprint density at radius 1 is 1.00 bits per heavy atom. The largest absolute Gasteiger partial charge is 0.489 e. The van der Waals surface area contributed by atoms with Crippen LogP contribution in [0, 0.1) is 0 Å². The lowest BCUT2D eigenvalue weighted by Crippen LogP contribution is -2.13. The molecule has 2 aromatic carbocycles. The molecular formula is C18H22BrNO. The van der Waals surface area contributed by atoms with E-state index in [2.05, 4.69) is 65.3 Å². The first-order valence-electron chi connectivity index (χ1n) is 7.25. The Morgan fingerprint density at radius 3 is 2.43 bits per heavy atom. The van der Waals surface area contributed by atoms with Crippen LogP contribution in [0.3, 0.4) is 0 Å². The Morgan fingerprint density at radius 2 is 1.71 bits per heavy atom. The van der Waals surface area contributed by atoms with Crippen LogP contribution >= 0.6 is 15.9 Å². The number of benzene rings is 2. The van der Waals surface area contributed by atoms with E-state index < -0.39 is 0 Å². The predicted octanol–water partition coefficient (Wildman–Crippen LogP) is 4.52. The van der Waals surface area contributed by atoms with Gasteiger partial charge in [-0.15, -0.1) is 0 Å². The van der Waals surface area contributed by atoms with Crippen LogP contribution < -0.4 is 4.74 Å². The van der Waals surface area contributed by atoms with Gasteiger partial charge in [0.15, 0.2) is 0 Å². The summed E-state index contributed by atoms with van der Waals surface area (Å²) in [5, 5.41) is 0. The van der Waals surface area contributed by atoms with Crippen molar-refractivity contribution in [2.75, 3.05) is 20.6 Å². The van der Waals surface area contributed by atoms with Gasteiger partial charge in [0.25, 0.3) is 0 Å². The van der Waals surface area contributed by atoms with Crippen molar-refractivity contribution >= 4 is 15.9 Å². The molecule has 3 heteroatoms. The lowest BCUT2D eigenvalue weighted by molar-refractivity contribution is 0.302. The van der Waals surface area contributed by atoms with Crippen LogP contribution in [-0.4, -0.2) is 25.5 Å². The molecule has 0 aliphatic heterocycles. The van der Waals surface area contributed by atoms with Crippen LogP contribution in [0.25, 0.3) is 0 Å². The minimum Gasteiger partial charge on any atom is -0.489 e. The molecule has 0 unspecified atom stereocenters. The lowest BCUT2D eigenvalue weighted by Gasteiger charge is -2.13. The summed E-state index contributed by atoms with van der Waals surface area (Å²) in [4.78, 5) is 2.21. The highest BCUT2D eigenvalue weighted by molar-refractivity contribution is 9.10. The number of nitrogens with zero attached hydrogens (tertiary/aromatic N) is 1. The number of aryl methyl sites for hydroxylation is 1. The van der Waals surface area contributed by atoms with E-state index in [-0.39, 0.29) is 0 Å². The third-order valence-corrected chi connectivity index (χ3v) is 3.86. The standard InChI is InChI=1S/C18H22BrNO/c1-20(2)13-5-7-16-6-3-4-8-18(16)21-14-15-9-11-17(19)12-10-15/h3-4,6,8-12H,5,7,13-14H2,1-2H3. The van der Waals surface area contributed by atoms with Crippen molar-refractivity contribution in [2.24, 2.45) is 0 Å². The maximum absolute atomic E-state index is 5.99. The van der Waals surface area contributed by atoms with Crippen LogP contribution in [0.2, 0.25) is 0 Å². The van der Waals surface area contributed by atoms with E-state index in [1.807, 2.05) is 18.2 Å². The molecule has 2 aromatic rings. The van der Waals surface area contributed by atoms with Gasteiger partial charge in [-0.1, -0.05) is 46.3 Å². The summed E-state index contributed by atoms with van der Waals surface area (Å²) < 4.78 is 7.08. The molecule has 21 heavy (non-hydrogen) atoms. The highest BCUT2D eigenvalue weighted by atomic mass is 79.9. The molecule has 0 saturated heterocycles. The molecule has 0 N–H and O–H groups in total. The SMILES string of the molecule is CN(C)CCCc1ccccc1OCc1ccc(Br)cc1. The molecule has 0 atom stereocenters. The first kappa shape index (κ1) is 16.1. The molecule has 0 spiro atoms. The molecule has 0 aromatic heterocycles. The Labute approximate surface area is 135 Å². The average molecular weight is 348 g/mol. The Balaban J connectivity index is 1.94. The van der Waals surface area contributed by atoms with Crippen LogP contribution in [-0.2, 0) is 13.0 Å². The van der Waals surface area contributed by atoms with Gasteiger partial charge in [0.05, 0.1) is 0 Å². The van der Waals surface area contributed by atoms with Crippen LogP contribution in [0.15, 0.2) is 53.0 Å². The lowest BCUT2D eigenvalue weighted by atomic mass is 10.1. The van der Waals surface area contributed by atoms with E-state index in [4.69, 9.17) is 4.74 Å². The zero-order chi connectivity index (χ0) is 15.1. The Bertz CT molecular complexity index is 551. The Kier molecular flexibility index (Phi) is 6.27. The molecule has 0 aliphatic rings. The highest BCUT2D eigenvalue weighted by Gasteiger charge is 2.04. The van der Waals surface area contributed by atoms with Crippen molar-refractivity contribution in [1.29, 1.82) is 0 Å². The number of ether oxygens (including phenoxy) is 1. The van der Waals surface area contributed by atoms with Gasteiger partial charge in [-0.25, -0.2) is 0 Å². The van der Waals surface area contributed by atoms with E-state index in [1.54, 1.807) is 0 Å². The van der Waals surface area contributed by atoms with E-state index in [0.717, 1.165) is 29.6 Å². The fraction of sp³-hybridized carbons (Fsp3) is 0.333. The normalized spacial score (nSPS) is 10.9. The van der Waals surface area contributed by atoms with Crippen molar-refractivity contribution in [3.8, 4) is 5.75 Å². The van der Waals surface area contributed by atoms with Crippen molar-refractivity contribution in [2.45, 2.75) is 19.4 Å². The number of hydrogen-bond acceptors (Lipinski definition) is 2. The van der Waals surface area contributed by atoms with Crippen molar-refractivity contribution in [3.63, 3.8) is 0 Å². The summed E-state index contributed by atoms with van der Waals surface area (Å²) in [6.45, 7) is 1.71. The molecule has 2 rings (SSSR count). The minimum atomic E-state index is 0.609. The number of rotatable bonds is 7. The third kappa shape index (κ3) is 5.52. The second-order valence-corrected chi connectivity index (χ2v) is 6.35. The van der Waals surface area contributed by atoms with Crippen LogP contribution in [0.4, 0.5) is 0 Å². The second kappa shape index (κ2) is 8.20. The summed E-state index contributed by atoms with van der Waals surface area (Å²) in [5.41, 5.74) is 2.47. The number of para-hydroxylation sites is 1. The molecule has 0 bridgehead atoms. The monoisotopic (exact) mass is 347 g/mol. The predicted molar refractivity (Wildman–Crippen MR) is 91.8 cm³/mol. The summed E-state index contributed by atoms with van der Waals surface area (Å²) >= 11 is 3.45. The number of hydrogen-bond donors (Lipinski definition) is 0. The second-order valence-electron chi connectivity index (χ2n) is 5.43. The van der Waals surface area contributed by atoms with Crippen LogP contribution in [0.1, 0.15) is 17.5 Å². The van der Waals surface area contributed by atoms with Crippen molar-refractivity contribution in [3.05, 3.63) is 64.1 Å². The molecule has 0 amide bonds. The molecule has 0 saturated carbocycles. The van der Waals surface area contributed by atoms with E-state index in [0.29, 0.717) is 6.61 Å². The van der Waals surface area contributed by atoms with E-state index in [1.165, 1.54) is 11.1 Å². The Hall–Kier alpha value is -1.32. The van der Waals surface area contributed by atoms with Crippen molar-refractivity contribution < 1.29 is 4.74 Å². The fourth-order valence-corrected chi connectivity index (χ4v) is 2.44. The molecule has 0 fully saturated rings. The van der Waals surface area contributed by atoms with E-state index in [9.17, 15) is 0 Å². The maximum atomic E-state index is 5.99. The van der Waals surface area contributed by atoms with Gasteiger partial charge in [0.2, 0.25) is 0 Å². The van der Waals surface area contributed by atoms with Crippen LogP contribution in [0.5, 0.6) is 5.75 Å². The first-order chi connectivity index (χ1) is 10.1. The zero-order valence-electron chi connectivity index (χ0n) is 12.7. The third-order valence-electron chi connectivity index (χ3n) is 3.33. The highest BCUT2D eigenvalue weighted by Crippen LogP contribution is 2.21. The summed E-state index contributed by atoms with van der Waals surface area (Å²) in [5.74, 6) is 0.999. The smallest absolute Gasteiger partial charge is 0.122 e. The van der Waals surface area contributed by atoms with Gasteiger partial charge >= 0.3 is 0 Å².